The van der Waals surface area contributed by atoms with Crippen LogP contribution >= 0.6 is 11.8 Å². The van der Waals surface area contributed by atoms with Crippen LogP contribution in [0.25, 0.3) is 0 Å². The topological polar surface area (TPSA) is 60.9 Å². The van der Waals surface area contributed by atoms with Gasteiger partial charge in [-0.25, -0.2) is 0 Å². The monoisotopic (exact) mass is 333 g/mol. The van der Waals surface area contributed by atoms with Crippen molar-refractivity contribution < 1.29 is 14.4 Å². The van der Waals surface area contributed by atoms with Gasteiger partial charge in [-0.05, 0) is 12.1 Å². The first-order valence-corrected chi connectivity index (χ1v) is 8.60. The Kier molecular flexibility index (Phi) is 4.56. The van der Waals surface area contributed by atoms with Crippen LogP contribution in [0.3, 0.4) is 0 Å². The smallest absolute Gasteiger partial charge is 0.242 e. The number of carbonyl (C=O) groups is 3. The molecule has 23 heavy (non-hydrogen) atoms. The number of rotatable bonds is 2. The Balaban J connectivity index is 1.66. The number of hydrogen-bond donors (Lipinski definition) is 0. The van der Waals surface area contributed by atoms with E-state index in [0.717, 1.165) is 10.6 Å². The number of anilines is 1. The molecule has 0 unspecified atom stereocenters. The Morgan fingerprint density at radius 1 is 1.09 bits per heavy atom. The van der Waals surface area contributed by atoms with Gasteiger partial charge in [-0.2, -0.15) is 0 Å². The average Bonchev–Trinajstić information content (AvgIpc) is 2.57. The van der Waals surface area contributed by atoms with E-state index in [2.05, 4.69) is 0 Å². The molecule has 1 aromatic rings. The predicted octanol–water partition coefficient (Wildman–Crippen LogP) is 0.816. The summed E-state index contributed by atoms with van der Waals surface area (Å²) in [7, 11) is 0. The van der Waals surface area contributed by atoms with Gasteiger partial charge in [0, 0.05) is 38.0 Å². The van der Waals surface area contributed by atoms with E-state index >= 15 is 0 Å². The number of para-hydroxylation sites is 1. The maximum Gasteiger partial charge on any atom is 0.242 e. The number of thioether (sulfide) groups is 1. The molecule has 2 aliphatic heterocycles. The summed E-state index contributed by atoms with van der Waals surface area (Å²) in [6.07, 6.45) is 0. The standard InChI is InChI=1S/C16H19N3O3S/c1-12(20)17-6-8-18(9-7-17)15(21)10-19-13-4-2-3-5-14(13)23-11-16(19)22/h2-5H,6-11H2,1H3. The molecule has 122 valence electrons. The number of piperazine rings is 1. The highest BCUT2D eigenvalue weighted by molar-refractivity contribution is 8.00. The third-order valence-corrected chi connectivity index (χ3v) is 5.23. The first-order valence-electron chi connectivity index (χ1n) is 7.62. The van der Waals surface area contributed by atoms with Gasteiger partial charge in [0.1, 0.15) is 6.54 Å². The van der Waals surface area contributed by atoms with E-state index in [9.17, 15) is 14.4 Å². The van der Waals surface area contributed by atoms with Crippen molar-refractivity contribution >= 4 is 35.2 Å². The van der Waals surface area contributed by atoms with Gasteiger partial charge in [0.05, 0.1) is 11.4 Å². The first-order chi connectivity index (χ1) is 11.1. The van der Waals surface area contributed by atoms with Crippen LogP contribution < -0.4 is 4.90 Å². The van der Waals surface area contributed by atoms with Crippen LogP contribution in [0.5, 0.6) is 0 Å². The lowest BCUT2D eigenvalue weighted by Gasteiger charge is -2.36. The molecule has 2 heterocycles. The minimum absolute atomic E-state index is 0.0364. The Bertz CT molecular complexity index is 641. The van der Waals surface area contributed by atoms with E-state index in [4.69, 9.17) is 0 Å². The van der Waals surface area contributed by atoms with Crippen LogP contribution in [0.2, 0.25) is 0 Å². The zero-order chi connectivity index (χ0) is 16.4. The van der Waals surface area contributed by atoms with Crippen molar-refractivity contribution in [3.05, 3.63) is 24.3 Å². The molecule has 3 rings (SSSR count). The quantitative estimate of drug-likeness (QED) is 0.804. The van der Waals surface area contributed by atoms with Gasteiger partial charge in [0.25, 0.3) is 0 Å². The molecule has 1 aromatic carbocycles. The molecule has 0 atom stereocenters. The second kappa shape index (κ2) is 6.62. The molecule has 0 radical (unpaired) electrons. The van der Waals surface area contributed by atoms with Crippen molar-refractivity contribution in [3.8, 4) is 0 Å². The Morgan fingerprint density at radius 3 is 2.43 bits per heavy atom. The van der Waals surface area contributed by atoms with Crippen LogP contribution in [-0.2, 0) is 14.4 Å². The number of benzene rings is 1. The third kappa shape index (κ3) is 3.34. The SMILES string of the molecule is CC(=O)N1CCN(C(=O)CN2C(=O)CSc3ccccc32)CC1. The highest BCUT2D eigenvalue weighted by Crippen LogP contribution is 2.34. The van der Waals surface area contributed by atoms with Crippen molar-refractivity contribution in [2.75, 3.05) is 43.4 Å². The Morgan fingerprint density at radius 2 is 1.74 bits per heavy atom. The molecule has 0 N–H and O–H groups in total. The molecule has 0 bridgehead atoms. The van der Waals surface area contributed by atoms with Gasteiger partial charge in [-0.15, -0.1) is 11.8 Å². The molecule has 1 fully saturated rings. The second-order valence-corrected chi connectivity index (χ2v) is 6.64. The highest BCUT2D eigenvalue weighted by atomic mass is 32.2. The van der Waals surface area contributed by atoms with Gasteiger partial charge in [-0.3, -0.25) is 14.4 Å². The van der Waals surface area contributed by atoms with E-state index in [1.54, 1.807) is 21.6 Å². The summed E-state index contributed by atoms with van der Waals surface area (Å²) < 4.78 is 0. The van der Waals surface area contributed by atoms with E-state index < -0.39 is 0 Å². The number of nitrogens with zero attached hydrogens (tertiary/aromatic N) is 3. The van der Waals surface area contributed by atoms with Gasteiger partial charge in [0.15, 0.2) is 0 Å². The lowest BCUT2D eigenvalue weighted by molar-refractivity contribution is -0.137. The zero-order valence-corrected chi connectivity index (χ0v) is 13.8. The third-order valence-electron chi connectivity index (χ3n) is 4.18. The summed E-state index contributed by atoms with van der Waals surface area (Å²) in [5, 5.41) is 0. The van der Waals surface area contributed by atoms with E-state index in [1.807, 2.05) is 24.3 Å². The number of hydrogen-bond acceptors (Lipinski definition) is 4. The van der Waals surface area contributed by atoms with Gasteiger partial charge in [-0.1, -0.05) is 12.1 Å². The summed E-state index contributed by atoms with van der Waals surface area (Å²) in [4.78, 5) is 42.1. The normalized spacial score (nSPS) is 18.0. The summed E-state index contributed by atoms with van der Waals surface area (Å²) in [6, 6.07) is 7.65. The lowest BCUT2D eigenvalue weighted by Crippen LogP contribution is -2.53. The van der Waals surface area contributed by atoms with Crippen molar-refractivity contribution in [2.45, 2.75) is 11.8 Å². The minimum Gasteiger partial charge on any atom is -0.339 e. The second-order valence-electron chi connectivity index (χ2n) is 5.62. The Labute approximate surface area is 139 Å². The fraction of sp³-hybridized carbons (Fsp3) is 0.438. The molecule has 1 saturated heterocycles. The van der Waals surface area contributed by atoms with Crippen molar-refractivity contribution in [3.63, 3.8) is 0 Å². The zero-order valence-electron chi connectivity index (χ0n) is 13.0. The minimum atomic E-state index is -0.0664. The van der Waals surface area contributed by atoms with E-state index in [0.29, 0.717) is 31.9 Å². The summed E-state index contributed by atoms with van der Waals surface area (Å²) in [5.41, 5.74) is 0.810. The van der Waals surface area contributed by atoms with Crippen LogP contribution in [0.4, 0.5) is 5.69 Å². The lowest BCUT2D eigenvalue weighted by atomic mass is 10.2. The van der Waals surface area contributed by atoms with Crippen LogP contribution in [0.1, 0.15) is 6.92 Å². The first kappa shape index (κ1) is 15.9. The summed E-state index contributed by atoms with van der Waals surface area (Å²) in [5.74, 6) is 0.296. The molecular formula is C16H19N3O3S. The summed E-state index contributed by atoms with van der Waals surface area (Å²) in [6.45, 7) is 3.77. The molecule has 0 spiro atoms. The highest BCUT2D eigenvalue weighted by Gasteiger charge is 2.29. The molecule has 2 aliphatic rings. The molecule has 3 amide bonds. The van der Waals surface area contributed by atoms with Crippen molar-refractivity contribution in [1.82, 2.24) is 9.80 Å². The maximum atomic E-state index is 12.5. The molecule has 0 aliphatic carbocycles. The number of amides is 3. The van der Waals surface area contributed by atoms with Crippen LogP contribution in [0, 0.1) is 0 Å². The van der Waals surface area contributed by atoms with E-state index in [1.165, 1.54) is 11.8 Å². The van der Waals surface area contributed by atoms with Gasteiger partial charge in [0.2, 0.25) is 17.7 Å². The largest absolute Gasteiger partial charge is 0.339 e. The predicted molar refractivity (Wildman–Crippen MR) is 88.4 cm³/mol. The molecular weight excluding hydrogens is 314 g/mol. The van der Waals surface area contributed by atoms with Crippen molar-refractivity contribution in [2.24, 2.45) is 0 Å². The van der Waals surface area contributed by atoms with Gasteiger partial charge >= 0.3 is 0 Å². The van der Waals surface area contributed by atoms with Gasteiger partial charge < -0.3 is 14.7 Å². The maximum absolute atomic E-state index is 12.5. The summed E-state index contributed by atoms with van der Waals surface area (Å²) >= 11 is 1.51. The average molecular weight is 333 g/mol. The van der Waals surface area contributed by atoms with E-state index in [-0.39, 0.29) is 24.3 Å². The fourth-order valence-corrected chi connectivity index (χ4v) is 3.77. The van der Waals surface area contributed by atoms with Crippen molar-refractivity contribution in [1.29, 1.82) is 0 Å². The number of fused-ring (bicyclic) bond motifs is 1. The molecule has 0 saturated carbocycles. The molecule has 7 heteroatoms. The molecule has 0 aromatic heterocycles. The fourth-order valence-electron chi connectivity index (χ4n) is 2.83. The molecule has 6 nitrogen and oxygen atoms in total. The number of carbonyl (C=O) groups excluding carboxylic acids is 3. The van der Waals surface area contributed by atoms with Crippen LogP contribution in [-0.4, -0.2) is 66.0 Å². The Hall–Kier alpha value is -2.02. The van der Waals surface area contributed by atoms with Crippen LogP contribution in [0.15, 0.2) is 29.2 Å².